The number of nitrogens with zero attached hydrogens (tertiary/aromatic N) is 1. The van der Waals surface area contributed by atoms with E-state index < -0.39 is 10.9 Å². The van der Waals surface area contributed by atoms with Gasteiger partial charge in [-0.1, -0.05) is 0 Å². The molecule has 7 nitrogen and oxygen atoms in total. The van der Waals surface area contributed by atoms with Crippen LogP contribution in [0, 0.1) is 33.3 Å². The van der Waals surface area contributed by atoms with Crippen LogP contribution in [0.5, 0.6) is 0 Å². The Balaban J connectivity index is 1.56. The smallest absolute Gasteiger partial charge is 0.338 e. The molecule has 1 amide bonds. The first-order valence-corrected chi connectivity index (χ1v) is 9.98. The molecule has 1 atom stereocenters. The summed E-state index contributed by atoms with van der Waals surface area (Å²) in [6.07, 6.45) is 7.45. The molecule has 0 spiro atoms. The quantitative estimate of drug-likeness (QED) is 0.472. The fourth-order valence-electron chi connectivity index (χ4n) is 6.22. The van der Waals surface area contributed by atoms with Gasteiger partial charge in [-0.25, -0.2) is 4.79 Å². The molecule has 0 radical (unpaired) electrons. The first kappa shape index (κ1) is 18.9. The number of carbonyl (C=O) groups is 2. The zero-order chi connectivity index (χ0) is 20.1. The maximum Gasteiger partial charge on any atom is 0.338 e. The number of amides is 1. The summed E-state index contributed by atoms with van der Waals surface area (Å²) in [6, 6.07) is 3.70. The third-order valence-electron chi connectivity index (χ3n) is 7.16. The molecule has 4 fully saturated rings. The highest BCUT2D eigenvalue weighted by Crippen LogP contribution is 2.61. The van der Waals surface area contributed by atoms with Crippen LogP contribution < -0.4 is 5.32 Å². The number of esters is 1. The minimum Gasteiger partial charge on any atom is -0.465 e. The van der Waals surface area contributed by atoms with E-state index in [9.17, 15) is 19.7 Å². The van der Waals surface area contributed by atoms with Crippen LogP contribution in [0.4, 0.5) is 5.69 Å². The summed E-state index contributed by atoms with van der Waals surface area (Å²) in [5, 5.41) is 14.3. The van der Waals surface area contributed by atoms with Crippen molar-refractivity contribution in [2.75, 3.05) is 7.11 Å². The molecule has 4 saturated carbocycles. The molecule has 28 heavy (non-hydrogen) atoms. The minimum absolute atomic E-state index is 0.00399. The Kier molecular flexibility index (Phi) is 4.63. The predicted molar refractivity (Wildman–Crippen MR) is 102 cm³/mol. The molecular formula is C21H26N2O5. The van der Waals surface area contributed by atoms with E-state index in [1.807, 2.05) is 0 Å². The topological polar surface area (TPSA) is 98.5 Å². The maximum atomic E-state index is 12.9. The summed E-state index contributed by atoms with van der Waals surface area (Å²) in [7, 11) is 1.20. The largest absolute Gasteiger partial charge is 0.465 e. The van der Waals surface area contributed by atoms with Gasteiger partial charge in [-0.2, -0.15) is 0 Å². The average molecular weight is 386 g/mol. The minimum atomic E-state index is -0.702. The van der Waals surface area contributed by atoms with Gasteiger partial charge in [0.1, 0.15) is 0 Å². The zero-order valence-electron chi connectivity index (χ0n) is 16.3. The number of rotatable bonds is 5. The van der Waals surface area contributed by atoms with Crippen LogP contribution in [-0.2, 0) is 4.74 Å². The summed E-state index contributed by atoms with van der Waals surface area (Å²) >= 11 is 0. The molecule has 1 aromatic carbocycles. The average Bonchev–Trinajstić information content (AvgIpc) is 2.65. The number of ether oxygens (including phenoxy) is 1. The number of nitro groups is 1. The van der Waals surface area contributed by atoms with Gasteiger partial charge in [0.15, 0.2) is 0 Å². The van der Waals surface area contributed by atoms with Crippen LogP contribution in [0.3, 0.4) is 0 Å². The van der Waals surface area contributed by atoms with E-state index in [4.69, 9.17) is 0 Å². The van der Waals surface area contributed by atoms with Gasteiger partial charge in [0, 0.05) is 23.7 Å². The third-order valence-corrected chi connectivity index (χ3v) is 7.16. The van der Waals surface area contributed by atoms with E-state index in [1.165, 1.54) is 38.5 Å². The van der Waals surface area contributed by atoms with Crippen LogP contribution in [0.25, 0.3) is 0 Å². The summed E-state index contributed by atoms with van der Waals surface area (Å²) in [4.78, 5) is 35.3. The SMILES string of the molecule is COC(=O)c1cc(C(=O)NC(C)C23CC4CC(CC(C4)C2)C3)cc([N+](=O)[O-])c1. The Morgan fingerprint density at radius 1 is 1.11 bits per heavy atom. The lowest BCUT2D eigenvalue weighted by Crippen LogP contribution is -2.55. The molecule has 7 heteroatoms. The molecule has 4 aliphatic rings. The fraction of sp³-hybridized carbons (Fsp3) is 0.619. The van der Waals surface area contributed by atoms with E-state index in [1.54, 1.807) is 0 Å². The maximum absolute atomic E-state index is 12.9. The van der Waals surface area contributed by atoms with Crippen molar-refractivity contribution in [1.29, 1.82) is 0 Å². The lowest BCUT2D eigenvalue weighted by Gasteiger charge is -2.59. The van der Waals surface area contributed by atoms with Crippen LogP contribution in [-0.4, -0.2) is 30.0 Å². The number of hydrogen-bond acceptors (Lipinski definition) is 5. The highest BCUT2D eigenvalue weighted by molar-refractivity contribution is 5.99. The predicted octanol–water partition coefficient (Wildman–Crippen LogP) is 3.72. The van der Waals surface area contributed by atoms with Crippen LogP contribution >= 0.6 is 0 Å². The Bertz CT molecular complexity index is 799. The van der Waals surface area contributed by atoms with Gasteiger partial charge >= 0.3 is 5.97 Å². The van der Waals surface area contributed by atoms with Crippen LogP contribution in [0.15, 0.2) is 18.2 Å². The van der Waals surface area contributed by atoms with Crippen molar-refractivity contribution in [3.63, 3.8) is 0 Å². The Labute approximate surface area is 164 Å². The molecule has 5 rings (SSSR count). The van der Waals surface area contributed by atoms with Gasteiger partial charge in [0.2, 0.25) is 0 Å². The van der Waals surface area contributed by atoms with E-state index in [0.29, 0.717) is 0 Å². The lowest BCUT2D eigenvalue weighted by atomic mass is 9.48. The van der Waals surface area contributed by atoms with Gasteiger partial charge < -0.3 is 10.1 Å². The number of non-ortho nitro benzene ring substituents is 1. The van der Waals surface area contributed by atoms with Crippen molar-refractivity contribution in [3.8, 4) is 0 Å². The number of carbonyl (C=O) groups excluding carboxylic acids is 2. The summed E-state index contributed by atoms with van der Waals surface area (Å²) < 4.78 is 4.66. The molecule has 1 N–H and O–H groups in total. The van der Waals surface area contributed by atoms with Crippen molar-refractivity contribution in [2.45, 2.75) is 51.5 Å². The van der Waals surface area contributed by atoms with E-state index in [-0.39, 0.29) is 34.2 Å². The van der Waals surface area contributed by atoms with Crippen molar-refractivity contribution in [2.24, 2.45) is 23.2 Å². The monoisotopic (exact) mass is 386 g/mol. The van der Waals surface area contributed by atoms with Gasteiger partial charge in [-0.15, -0.1) is 0 Å². The molecule has 1 aromatic rings. The van der Waals surface area contributed by atoms with Crippen molar-refractivity contribution >= 4 is 17.6 Å². The van der Waals surface area contributed by atoms with Gasteiger partial charge in [0.25, 0.3) is 11.6 Å². The number of nitrogens with one attached hydrogen (secondary N) is 1. The second-order valence-corrected chi connectivity index (χ2v) is 8.99. The van der Waals surface area contributed by atoms with Crippen molar-refractivity contribution < 1.29 is 19.2 Å². The standard InChI is InChI=1S/C21H26N2O5/c1-12(21-9-13-3-14(10-21)5-15(4-13)11-21)22-19(24)16-6-17(20(25)28-2)8-18(7-16)23(26)27/h6-8,12-15H,3-5,9-11H2,1-2H3,(H,22,24). The Hall–Kier alpha value is -2.44. The lowest BCUT2D eigenvalue weighted by molar-refractivity contribution is -0.384. The highest BCUT2D eigenvalue weighted by atomic mass is 16.6. The second-order valence-electron chi connectivity index (χ2n) is 8.99. The molecule has 0 heterocycles. The molecule has 150 valence electrons. The van der Waals surface area contributed by atoms with Crippen molar-refractivity contribution in [3.05, 3.63) is 39.4 Å². The molecular weight excluding hydrogens is 360 g/mol. The fourth-order valence-corrected chi connectivity index (χ4v) is 6.22. The first-order chi connectivity index (χ1) is 13.3. The van der Waals surface area contributed by atoms with E-state index in [2.05, 4.69) is 17.0 Å². The molecule has 4 bridgehead atoms. The van der Waals surface area contributed by atoms with Crippen LogP contribution in [0.1, 0.15) is 66.2 Å². The summed E-state index contributed by atoms with van der Waals surface area (Å²) in [5.41, 5.74) is -0.0398. The van der Waals surface area contributed by atoms with Gasteiger partial charge in [0.05, 0.1) is 17.6 Å². The summed E-state index contributed by atoms with van der Waals surface area (Å²) in [5.74, 6) is 1.24. The molecule has 4 aliphatic carbocycles. The molecule has 0 aliphatic heterocycles. The number of nitro benzene ring substituents is 1. The Morgan fingerprint density at radius 2 is 1.64 bits per heavy atom. The molecule has 0 saturated heterocycles. The normalized spacial score (nSPS) is 31.3. The van der Waals surface area contributed by atoms with Crippen LogP contribution in [0.2, 0.25) is 0 Å². The van der Waals surface area contributed by atoms with Gasteiger partial charge in [-0.05, 0) is 74.7 Å². The number of benzene rings is 1. The third kappa shape index (κ3) is 3.27. The molecule has 0 aromatic heterocycles. The zero-order valence-corrected chi connectivity index (χ0v) is 16.3. The second kappa shape index (κ2) is 6.87. The molecule has 1 unspecified atom stereocenters. The first-order valence-electron chi connectivity index (χ1n) is 9.98. The highest BCUT2D eigenvalue weighted by Gasteiger charge is 2.53. The summed E-state index contributed by atoms with van der Waals surface area (Å²) in [6.45, 7) is 2.06. The van der Waals surface area contributed by atoms with Gasteiger partial charge in [-0.3, -0.25) is 14.9 Å². The Morgan fingerprint density at radius 3 is 2.14 bits per heavy atom. The number of methoxy groups -OCH3 is 1. The number of hydrogen-bond donors (Lipinski definition) is 1. The van der Waals surface area contributed by atoms with E-state index in [0.717, 1.165) is 43.1 Å². The van der Waals surface area contributed by atoms with E-state index >= 15 is 0 Å². The van der Waals surface area contributed by atoms with Crippen molar-refractivity contribution in [1.82, 2.24) is 5.32 Å².